The number of carbonyl (C=O) groups is 1. The van der Waals surface area contributed by atoms with Gasteiger partial charge in [0, 0.05) is 7.05 Å². The average molecular weight is 155 g/mol. The summed E-state index contributed by atoms with van der Waals surface area (Å²) in [5.41, 5.74) is 1.09. The predicted molar refractivity (Wildman–Crippen MR) is 42.1 cm³/mol. The van der Waals surface area contributed by atoms with Crippen LogP contribution in [-0.4, -0.2) is 13.0 Å². The molecule has 0 saturated carbocycles. The predicted octanol–water partition coefficient (Wildman–Crippen LogP) is 1.04. The van der Waals surface area contributed by atoms with Gasteiger partial charge in [-0.3, -0.25) is 4.79 Å². The lowest BCUT2D eigenvalue weighted by Gasteiger charge is -1.94. The van der Waals surface area contributed by atoms with Crippen LogP contribution in [0.3, 0.4) is 0 Å². The maximum atomic E-state index is 10.8. The van der Waals surface area contributed by atoms with Crippen molar-refractivity contribution in [2.45, 2.75) is 6.42 Å². The van der Waals surface area contributed by atoms with Crippen LogP contribution in [0.1, 0.15) is 5.56 Å². The zero-order valence-electron chi connectivity index (χ0n) is 5.76. The Morgan fingerprint density at radius 2 is 2.60 bits per heavy atom. The summed E-state index contributed by atoms with van der Waals surface area (Å²) in [6.45, 7) is 0. The van der Waals surface area contributed by atoms with Crippen molar-refractivity contribution >= 4 is 17.2 Å². The molecular formula is C7H9NOS. The van der Waals surface area contributed by atoms with Crippen LogP contribution in [0.25, 0.3) is 0 Å². The highest BCUT2D eigenvalue weighted by molar-refractivity contribution is 7.07. The number of carbonyl (C=O) groups excluding carboxylic acids is 1. The SMILES string of the molecule is CNC(=O)Cc1ccsc1. The summed E-state index contributed by atoms with van der Waals surface area (Å²) >= 11 is 1.61. The molecule has 0 aliphatic rings. The Bertz CT molecular complexity index is 205. The molecule has 0 radical (unpaired) electrons. The molecule has 0 spiro atoms. The minimum Gasteiger partial charge on any atom is -0.359 e. The number of thiophene rings is 1. The van der Waals surface area contributed by atoms with Crippen LogP contribution in [-0.2, 0) is 11.2 Å². The Hall–Kier alpha value is -0.830. The maximum absolute atomic E-state index is 10.8. The Kier molecular flexibility index (Phi) is 2.45. The minimum absolute atomic E-state index is 0.0680. The zero-order chi connectivity index (χ0) is 7.40. The first-order chi connectivity index (χ1) is 4.83. The van der Waals surface area contributed by atoms with Gasteiger partial charge in [-0.15, -0.1) is 0 Å². The summed E-state index contributed by atoms with van der Waals surface area (Å²) in [4.78, 5) is 10.8. The van der Waals surface area contributed by atoms with Crippen LogP contribution in [0.4, 0.5) is 0 Å². The highest BCUT2D eigenvalue weighted by Crippen LogP contribution is 2.05. The molecule has 0 aliphatic carbocycles. The van der Waals surface area contributed by atoms with Crippen molar-refractivity contribution in [1.82, 2.24) is 5.32 Å². The van der Waals surface area contributed by atoms with Crippen LogP contribution in [0.5, 0.6) is 0 Å². The molecule has 0 unspecified atom stereocenters. The monoisotopic (exact) mass is 155 g/mol. The van der Waals surface area contributed by atoms with E-state index in [9.17, 15) is 4.79 Å². The van der Waals surface area contributed by atoms with E-state index in [0.717, 1.165) is 5.56 Å². The summed E-state index contributed by atoms with van der Waals surface area (Å²) in [6.07, 6.45) is 0.500. The van der Waals surface area contributed by atoms with Gasteiger partial charge >= 0.3 is 0 Å². The fourth-order valence-electron chi connectivity index (χ4n) is 0.667. The molecule has 3 heteroatoms. The van der Waals surface area contributed by atoms with Gasteiger partial charge in [-0.25, -0.2) is 0 Å². The van der Waals surface area contributed by atoms with E-state index in [4.69, 9.17) is 0 Å². The van der Waals surface area contributed by atoms with Crippen molar-refractivity contribution in [2.75, 3.05) is 7.05 Å². The first-order valence-corrected chi connectivity index (χ1v) is 3.99. The van der Waals surface area contributed by atoms with Crippen molar-refractivity contribution < 1.29 is 4.79 Å². The van der Waals surface area contributed by atoms with Crippen molar-refractivity contribution in [1.29, 1.82) is 0 Å². The van der Waals surface area contributed by atoms with E-state index in [0.29, 0.717) is 6.42 Å². The summed E-state index contributed by atoms with van der Waals surface area (Å²) in [5.74, 6) is 0.0680. The Morgan fingerprint density at radius 3 is 3.10 bits per heavy atom. The number of rotatable bonds is 2. The van der Waals surface area contributed by atoms with Crippen molar-refractivity contribution in [3.8, 4) is 0 Å². The summed E-state index contributed by atoms with van der Waals surface area (Å²) < 4.78 is 0. The van der Waals surface area contributed by atoms with Crippen LogP contribution in [0.2, 0.25) is 0 Å². The van der Waals surface area contributed by atoms with Crippen molar-refractivity contribution in [3.63, 3.8) is 0 Å². The third-order valence-corrected chi connectivity index (χ3v) is 1.96. The molecule has 0 bridgehead atoms. The molecule has 0 saturated heterocycles. The highest BCUT2D eigenvalue weighted by atomic mass is 32.1. The van der Waals surface area contributed by atoms with E-state index >= 15 is 0 Å². The summed E-state index contributed by atoms with van der Waals surface area (Å²) in [5, 5.41) is 6.52. The standard InChI is InChI=1S/C7H9NOS/c1-8-7(9)4-6-2-3-10-5-6/h2-3,5H,4H2,1H3,(H,8,9). The van der Waals surface area contributed by atoms with Gasteiger partial charge in [0.05, 0.1) is 6.42 Å². The normalized spacial score (nSPS) is 9.30. The van der Waals surface area contributed by atoms with Crippen molar-refractivity contribution in [2.24, 2.45) is 0 Å². The molecule has 1 amide bonds. The number of likely N-dealkylation sites (N-methyl/N-ethyl adjacent to an activating group) is 1. The maximum Gasteiger partial charge on any atom is 0.224 e. The smallest absolute Gasteiger partial charge is 0.224 e. The van der Waals surface area contributed by atoms with Crippen LogP contribution < -0.4 is 5.32 Å². The Labute approximate surface area is 63.9 Å². The molecule has 1 N–H and O–H groups in total. The van der Waals surface area contributed by atoms with E-state index in [-0.39, 0.29) is 5.91 Å². The Balaban J connectivity index is 2.48. The van der Waals surface area contributed by atoms with Gasteiger partial charge in [0.1, 0.15) is 0 Å². The highest BCUT2D eigenvalue weighted by Gasteiger charge is 1.98. The second-order valence-electron chi connectivity index (χ2n) is 1.98. The number of amides is 1. The van der Waals surface area contributed by atoms with Gasteiger partial charge in [0.15, 0.2) is 0 Å². The van der Waals surface area contributed by atoms with Gasteiger partial charge in [-0.2, -0.15) is 11.3 Å². The molecular weight excluding hydrogens is 146 g/mol. The summed E-state index contributed by atoms with van der Waals surface area (Å²) in [7, 11) is 1.65. The van der Waals surface area contributed by atoms with E-state index < -0.39 is 0 Å². The van der Waals surface area contributed by atoms with E-state index in [1.165, 1.54) is 0 Å². The van der Waals surface area contributed by atoms with Crippen molar-refractivity contribution in [3.05, 3.63) is 22.4 Å². The van der Waals surface area contributed by atoms with Gasteiger partial charge in [0.25, 0.3) is 0 Å². The fourth-order valence-corrected chi connectivity index (χ4v) is 1.34. The van der Waals surface area contributed by atoms with Gasteiger partial charge in [-0.05, 0) is 22.4 Å². The quantitative estimate of drug-likeness (QED) is 0.679. The molecule has 1 aromatic heterocycles. The van der Waals surface area contributed by atoms with Gasteiger partial charge < -0.3 is 5.32 Å². The third-order valence-electron chi connectivity index (χ3n) is 1.22. The average Bonchev–Trinajstić information content (AvgIpc) is 2.40. The fraction of sp³-hybridized carbons (Fsp3) is 0.286. The molecule has 54 valence electrons. The lowest BCUT2D eigenvalue weighted by molar-refractivity contribution is -0.119. The van der Waals surface area contributed by atoms with Crippen LogP contribution in [0.15, 0.2) is 16.8 Å². The van der Waals surface area contributed by atoms with Crippen LogP contribution in [0, 0.1) is 0 Å². The number of hydrogen-bond acceptors (Lipinski definition) is 2. The first-order valence-electron chi connectivity index (χ1n) is 3.04. The number of hydrogen-bond donors (Lipinski definition) is 1. The minimum atomic E-state index is 0.0680. The molecule has 1 heterocycles. The third kappa shape index (κ3) is 1.84. The number of nitrogens with one attached hydrogen (secondary N) is 1. The van der Waals surface area contributed by atoms with E-state index in [2.05, 4.69) is 5.32 Å². The molecule has 0 aliphatic heterocycles. The Morgan fingerprint density at radius 1 is 1.80 bits per heavy atom. The molecule has 0 fully saturated rings. The summed E-state index contributed by atoms with van der Waals surface area (Å²) in [6, 6.07) is 1.96. The second kappa shape index (κ2) is 3.37. The zero-order valence-corrected chi connectivity index (χ0v) is 6.57. The lowest BCUT2D eigenvalue weighted by atomic mass is 10.2. The molecule has 2 nitrogen and oxygen atoms in total. The topological polar surface area (TPSA) is 29.1 Å². The molecule has 10 heavy (non-hydrogen) atoms. The molecule has 0 atom stereocenters. The molecule has 1 rings (SSSR count). The molecule has 1 aromatic rings. The van der Waals surface area contributed by atoms with Gasteiger partial charge in [0.2, 0.25) is 5.91 Å². The largest absolute Gasteiger partial charge is 0.359 e. The van der Waals surface area contributed by atoms with E-state index in [1.807, 2.05) is 16.8 Å². The van der Waals surface area contributed by atoms with E-state index in [1.54, 1.807) is 18.4 Å². The molecule has 0 aromatic carbocycles. The lowest BCUT2D eigenvalue weighted by Crippen LogP contribution is -2.19. The second-order valence-corrected chi connectivity index (χ2v) is 2.76. The van der Waals surface area contributed by atoms with Crippen LogP contribution >= 0.6 is 11.3 Å². The first kappa shape index (κ1) is 7.28. The van der Waals surface area contributed by atoms with Gasteiger partial charge in [-0.1, -0.05) is 0 Å².